The van der Waals surface area contributed by atoms with Crippen LogP contribution in [0, 0.1) is 0 Å². The fourth-order valence-electron chi connectivity index (χ4n) is 11.3. The fourth-order valence-corrected chi connectivity index (χ4v) is 11.3. The summed E-state index contributed by atoms with van der Waals surface area (Å²) in [7, 11) is 0. The highest BCUT2D eigenvalue weighted by Gasteiger charge is 2.16. The van der Waals surface area contributed by atoms with Gasteiger partial charge in [-0.05, 0) is 51.4 Å². The maximum absolute atomic E-state index is 12.4. The molecule has 0 aromatic heterocycles. The average molecular weight is 1110 g/mol. The third-order valence-electron chi connectivity index (χ3n) is 16.7. The minimum atomic E-state index is -0.771. The monoisotopic (exact) mass is 1110 g/mol. The van der Waals surface area contributed by atoms with Crippen LogP contribution in [0.15, 0.2) is 36.5 Å². The topological polar surface area (TPSA) is 72.8 Å². The normalized spacial score (nSPS) is 12.3. The first kappa shape index (κ1) is 77.1. The number of carbonyl (C=O) groups is 2. The molecule has 0 bridgehead atoms. The zero-order valence-electron chi connectivity index (χ0n) is 53.7. The largest absolute Gasteiger partial charge is 0.462 e. The SMILES string of the molecule is CCCCCCC/C=C\C/C=C\C/C=C\CCCCCCCCCCCCCCCCC(=O)OC(CO)COC(=O)CCCCCCCCCCCCCCCCCCCCCCCCCCCCCCCCCCCCCC. The standard InChI is InChI=1S/C74H140O5/c1-3-5-7-9-11-13-15-17-19-21-23-25-27-29-31-33-34-35-36-37-38-39-41-42-44-46-48-50-52-54-56-58-60-62-64-66-68-73(76)78-71-72(70-75)79-74(77)69-67-65-63-61-59-57-55-53-51-49-47-45-43-40-32-30-28-26-24-22-20-18-16-14-12-10-8-6-4-2/h16,18,22,24,28,30,72,75H,3-15,17,19-21,23,25-27,29,31-71H2,1-2H3/b18-16-,24-22-,30-28-. The lowest BCUT2D eigenvalue weighted by Gasteiger charge is -2.15. The molecular formula is C74H140O5. The molecule has 0 saturated heterocycles. The lowest BCUT2D eigenvalue weighted by molar-refractivity contribution is -0.161. The lowest BCUT2D eigenvalue weighted by atomic mass is 10.0. The van der Waals surface area contributed by atoms with E-state index in [0.29, 0.717) is 12.8 Å². The number of aliphatic hydroxyl groups excluding tert-OH is 1. The van der Waals surface area contributed by atoms with E-state index >= 15 is 0 Å². The molecule has 0 saturated carbocycles. The predicted molar refractivity (Wildman–Crippen MR) is 348 cm³/mol. The minimum absolute atomic E-state index is 0.0604. The molecule has 0 spiro atoms. The molecule has 5 nitrogen and oxygen atoms in total. The molecule has 1 atom stereocenters. The van der Waals surface area contributed by atoms with Crippen LogP contribution in [0.2, 0.25) is 0 Å². The molecule has 0 fully saturated rings. The summed E-state index contributed by atoms with van der Waals surface area (Å²) in [5, 5.41) is 9.70. The van der Waals surface area contributed by atoms with Crippen molar-refractivity contribution in [2.24, 2.45) is 0 Å². The van der Waals surface area contributed by atoms with Crippen LogP contribution >= 0.6 is 0 Å². The van der Waals surface area contributed by atoms with E-state index in [-0.39, 0.29) is 25.2 Å². The molecular weight excluding hydrogens is 969 g/mol. The molecule has 5 heteroatoms. The van der Waals surface area contributed by atoms with Gasteiger partial charge in [0, 0.05) is 12.8 Å². The van der Waals surface area contributed by atoms with Gasteiger partial charge in [0.05, 0.1) is 6.61 Å². The zero-order valence-corrected chi connectivity index (χ0v) is 53.7. The number of carbonyl (C=O) groups excluding carboxylic acids is 2. The van der Waals surface area contributed by atoms with E-state index in [1.807, 2.05) is 0 Å². The van der Waals surface area contributed by atoms with Gasteiger partial charge in [-0.15, -0.1) is 0 Å². The highest BCUT2D eigenvalue weighted by atomic mass is 16.6. The van der Waals surface area contributed by atoms with Crippen LogP contribution in [0.3, 0.4) is 0 Å². The summed E-state index contributed by atoms with van der Waals surface area (Å²) in [5.41, 5.74) is 0. The summed E-state index contributed by atoms with van der Waals surface area (Å²) in [6.07, 6.45) is 93.4. The van der Waals surface area contributed by atoms with Crippen LogP contribution in [0.4, 0.5) is 0 Å². The molecule has 0 heterocycles. The van der Waals surface area contributed by atoms with E-state index in [1.165, 1.54) is 334 Å². The van der Waals surface area contributed by atoms with Gasteiger partial charge in [-0.25, -0.2) is 0 Å². The number of ether oxygens (including phenoxy) is 2. The van der Waals surface area contributed by atoms with Crippen molar-refractivity contribution in [1.82, 2.24) is 0 Å². The number of allylic oxidation sites excluding steroid dienone is 6. The van der Waals surface area contributed by atoms with Crippen LogP contribution in [0.25, 0.3) is 0 Å². The highest BCUT2D eigenvalue weighted by molar-refractivity contribution is 5.70. The molecule has 0 aromatic rings. The van der Waals surface area contributed by atoms with Gasteiger partial charge in [0.1, 0.15) is 6.61 Å². The molecule has 0 radical (unpaired) electrons. The number of esters is 2. The van der Waals surface area contributed by atoms with E-state index in [0.717, 1.165) is 44.9 Å². The van der Waals surface area contributed by atoms with Crippen molar-refractivity contribution in [2.75, 3.05) is 13.2 Å². The van der Waals surface area contributed by atoms with Crippen molar-refractivity contribution in [3.63, 3.8) is 0 Å². The molecule has 0 rings (SSSR count). The molecule has 0 aliphatic heterocycles. The van der Waals surface area contributed by atoms with Gasteiger partial charge in [-0.2, -0.15) is 0 Å². The van der Waals surface area contributed by atoms with Crippen molar-refractivity contribution in [3.05, 3.63) is 36.5 Å². The Balaban J connectivity index is 3.38. The quantitative estimate of drug-likeness (QED) is 0.0373. The van der Waals surface area contributed by atoms with Crippen molar-refractivity contribution in [2.45, 2.75) is 412 Å². The lowest BCUT2D eigenvalue weighted by Crippen LogP contribution is -2.28. The van der Waals surface area contributed by atoms with Gasteiger partial charge in [0.15, 0.2) is 6.10 Å². The molecule has 0 aliphatic carbocycles. The summed E-state index contributed by atoms with van der Waals surface area (Å²) in [6, 6.07) is 0. The summed E-state index contributed by atoms with van der Waals surface area (Å²) in [5.74, 6) is -0.568. The van der Waals surface area contributed by atoms with Crippen LogP contribution in [-0.2, 0) is 19.1 Å². The Morgan fingerprint density at radius 1 is 0.291 bits per heavy atom. The maximum Gasteiger partial charge on any atom is 0.306 e. The summed E-state index contributed by atoms with van der Waals surface area (Å²) in [4.78, 5) is 24.7. The second-order valence-corrected chi connectivity index (χ2v) is 24.7. The van der Waals surface area contributed by atoms with Crippen LogP contribution in [0.1, 0.15) is 406 Å². The van der Waals surface area contributed by atoms with Crippen LogP contribution in [-0.4, -0.2) is 36.4 Å². The van der Waals surface area contributed by atoms with Gasteiger partial charge in [-0.1, -0.05) is 378 Å². The highest BCUT2D eigenvalue weighted by Crippen LogP contribution is 2.19. The van der Waals surface area contributed by atoms with E-state index in [9.17, 15) is 14.7 Å². The molecule has 0 amide bonds. The fraction of sp³-hybridized carbons (Fsp3) is 0.892. The van der Waals surface area contributed by atoms with Crippen LogP contribution < -0.4 is 0 Å². The Bertz CT molecular complexity index is 1260. The van der Waals surface area contributed by atoms with Crippen molar-refractivity contribution in [1.29, 1.82) is 0 Å². The first-order chi connectivity index (χ1) is 39.1. The first-order valence-electron chi connectivity index (χ1n) is 36.0. The number of rotatable bonds is 68. The van der Waals surface area contributed by atoms with Gasteiger partial charge in [0.25, 0.3) is 0 Å². The second kappa shape index (κ2) is 70.4. The number of aliphatic hydroxyl groups is 1. The van der Waals surface area contributed by atoms with Gasteiger partial charge < -0.3 is 14.6 Å². The third kappa shape index (κ3) is 68.5. The summed E-state index contributed by atoms with van der Waals surface area (Å²) in [6.45, 7) is 4.19. The summed E-state index contributed by atoms with van der Waals surface area (Å²) < 4.78 is 10.8. The summed E-state index contributed by atoms with van der Waals surface area (Å²) >= 11 is 0. The number of unbranched alkanes of at least 4 members (excludes halogenated alkanes) is 54. The van der Waals surface area contributed by atoms with Gasteiger partial charge in [-0.3, -0.25) is 9.59 Å². The van der Waals surface area contributed by atoms with Gasteiger partial charge in [0.2, 0.25) is 0 Å². The van der Waals surface area contributed by atoms with E-state index in [1.54, 1.807) is 0 Å². The average Bonchev–Trinajstić information content (AvgIpc) is 3.45. The van der Waals surface area contributed by atoms with Crippen molar-refractivity contribution >= 4 is 11.9 Å². The Morgan fingerprint density at radius 2 is 0.506 bits per heavy atom. The minimum Gasteiger partial charge on any atom is -0.462 e. The molecule has 0 aliphatic rings. The Kier molecular flexibility index (Phi) is 68.7. The molecule has 1 N–H and O–H groups in total. The molecule has 79 heavy (non-hydrogen) atoms. The third-order valence-corrected chi connectivity index (χ3v) is 16.7. The van der Waals surface area contributed by atoms with E-state index in [4.69, 9.17) is 9.47 Å². The van der Waals surface area contributed by atoms with Gasteiger partial charge >= 0.3 is 11.9 Å². The predicted octanol–water partition coefficient (Wildman–Crippen LogP) is 24.9. The Morgan fingerprint density at radius 3 is 0.759 bits per heavy atom. The number of hydrogen-bond donors (Lipinski definition) is 1. The van der Waals surface area contributed by atoms with Crippen LogP contribution in [0.5, 0.6) is 0 Å². The van der Waals surface area contributed by atoms with Crippen molar-refractivity contribution in [3.8, 4) is 0 Å². The zero-order chi connectivity index (χ0) is 56.9. The molecule has 466 valence electrons. The molecule has 1 unspecified atom stereocenters. The molecule has 0 aromatic carbocycles. The first-order valence-corrected chi connectivity index (χ1v) is 36.0. The maximum atomic E-state index is 12.4. The Labute approximate surface area is 495 Å². The van der Waals surface area contributed by atoms with E-state index in [2.05, 4.69) is 50.3 Å². The van der Waals surface area contributed by atoms with E-state index < -0.39 is 6.10 Å². The second-order valence-electron chi connectivity index (χ2n) is 24.7. The Hall–Kier alpha value is -1.88. The smallest absolute Gasteiger partial charge is 0.306 e. The number of hydrogen-bond acceptors (Lipinski definition) is 5. The van der Waals surface area contributed by atoms with Crippen molar-refractivity contribution < 1.29 is 24.2 Å².